The molecule has 0 saturated carbocycles. The molecule has 0 aliphatic carbocycles. The van der Waals surface area contributed by atoms with Crippen LogP contribution < -0.4 is 0 Å². The molecule has 0 bridgehead atoms. The van der Waals surface area contributed by atoms with E-state index in [1.54, 1.807) is 0 Å². The number of rotatable bonds is 8. The summed E-state index contributed by atoms with van der Waals surface area (Å²) in [7, 11) is -0.167. The van der Waals surface area contributed by atoms with Gasteiger partial charge in [-0.2, -0.15) is 83.4 Å². The minimum absolute atomic E-state index is 0.167. The number of halogens is 19. The molecule has 0 aromatic heterocycles. The van der Waals surface area contributed by atoms with Gasteiger partial charge in [0.05, 0.1) is 7.11 Å². The number of hydrogen-bond donors (Lipinski definition) is 0. The zero-order chi connectivity index (χ0) is 27.4. The van der Waals surface area contributed by atoms with Gasteiger partial charge in [0.1, 0.15) is 0 Å². The molecule has 196 valence electrons. The Morgan fingerprint density at radius 1 is 0.515 bits per heavy atom. The molecule has 0 amide bonds. The Kier molecular flexibility index (Phi) is 7.47. The Morgan fingerprint density at radius 2 is 0.788 bits per heavy atom. The molecular weight excluding hydrogens is 537 g/mol. The van der Waals surface area contributed by atoms with Crippen molar-refractivity contribution in [1.82, 2.24) is 0 Å². The van der Waals surface area contributed by atoms with E-state index >= 15 is 0 Å². The molecule has 33 heavy (non-hydrogen) atoms. The van der Waals surface area contributed by atoms with Crippen LogP contribution in [-0.2, 0) is 9.53 Å². The van der Waals surface area contributed by atoms with E-state index in [1.165, 1.54) is 0 Å². The Balaban J connectivity index is 7.08. The van der Waals surface area contributed by atoms with Gasteiger partial charge >= 0.3 is 53.6 Å². The van der Waals surface area contributed by atoms with Crippen molar-refractivity contribution in [2.45, 2.75) is 47.6 Å². The maximum atomic E-state index is 13.5. The highest BCUT2D eigenvalue weighted by molar-refractivity contribution is 5.90. The fraction of sp³-hybridized carbons (Fsp3) is 0.750. The number of esters is 1. The van der Waals surface area contributed by atoms with Crippen LogP contribution in [0, 0.1) is 0 Å². The summed E-state index contributed by atoms with van der Waals surface area (Å²) in [5.74, 6) is -63.3. The van der Waals surface area contributed by atoms with Gasteiger partial charge in [-0.25, -0.2) is 4.79 Å². The van der Waals surface area contributed by atoms with Gasteiger partial charge in [0, 0.05) is 0 Å². The Labute approximate surface area is 166 Å². The van der Waals surface area contributed by atoms with Crippen LogP contribution >= 0.6 is 0 Å². The normalized spacial score (nSPS) is 15.4. The van der Waals surface area contributed by atoms with Crippen LogP contribution in [0.5, 0.6) is 0 Å². The average Bonchev–Trinajstić information content (AvgIpc) is 2.58. The summed E-state index contributed by atoms with van der Waals surface area (Å²) < 4.78 is 249. The first-order valence-corrected chi connectivity index (χ1v) is 6.91. The fourth-order valence-corrected chi connectivity index (χ4v) is 1.75. The van der Waals surface area contributed by atoms with E-state index in [0.29, 0.717) is 0 Å². The van der Waals surface area contributed by atoms with Crippen molar-refractivity contribution >= 4 is 5.97 Å². The number of ether oxygens (including phenoxy) is 1. The third kappa shape index (κ3) is 3.93. The Hall–Kier alpha value is -2.12. The summed E-state index contributed by atoms with van der Waals surface area (Å²) >= 11 is 0. The Bertz CT molecular complexity index is 785. The number of carbonyl (C=O) groups excluding carboxylic acids is 1. The summed E-state index contributed by atoms with van der Waals surface area (Å²) in [5, 5.41) is 0. The van der Waals surface area contributed by atoms with Gasteiger partial charge in [0.15, 0.2) is 5.57 Å². The maximum Gasteiger partial charge on any atom is 0.460 e. The monoisotopic (exact) mass is 540 g/mol. The lowest BCUT2D eigenvalue weighted by molar-refractivity contribution is -0.460. The molecule has 0 saturated heterocycles. The summed E-state index contributed by atoms with van der Waals surface area (Å²) in [6, 6.07) is 0. The minimum Gasteiger partial charge on any atom is -0.465 e. The molecule has 0 heterocycles. The predicted octanol–water partition coefficient (Wildman–Crippen LogP) is 6.32. The van der Waals surface area contributed by atoms with Gasteiger partial charge in [0.25, 0.3) is 6.08 Å². The Morgan fingerprint density at radius 3 is 1.03 bits per heavy atom. The highest BCUT2D eigenvalue weighted by Gasteiger charge is 2.95. The maximum absolute atomic E-state index is 13.5. The van der Waals surface area contributed by atoms with Crippen LogP contribution in [0.4, 0.5) is 83.4 Å². The summed E-state index contributed by atoms with van der Waals surface area (Å²) in [6.45, 7) is 0. The zero-order valence-corrected chi connectivity index (χ0v) is 14.5. The molecule has 0 radical (unpaired) electrons. The molecule has 0 aromatic carbocycles. The van der Waals surface area contributed by atoms with E-state index in [9.17, 15) is 88.2 Å². The van der Waals surface area contributed by atoms with Gasteiger partial charge in [0.2, 0.25) is 0 Å². The quantitative estimate of drug-likeness (QED) is 0.205. The third-order valence-corrected chi connectivity index (χ3v) is 3.61. The summed E-state index contributed by atoms with van der Waals surface area (Å²) in [6.07, 6.45) is -12.3. The highest BCUT2D eigenvalue weighted by Crippen LogP contribution is 2.64. The van der Waals surface area contributed by atoms with Crippen molar-refractivity contribution in [2.24, 2.45) is 0 Å². The standard InChI is InChI=1S/C12H3F19O2/c1-33-4(32)2(3(13)14)5(15,16)6(17,18)7(19,20)8(21,22)9(23,24)10(25,26)11(27,28)12(29,30)31/h1H3. The lowest BCUT2D eigenvalue weighted by Gasteiger charge is -2.42. The van der Waals surface area contributed by atoms with Crippen molar-refractivity contribution in [3.63, 3.8) is 0 Å². The first-order chi connectivity index (χ1) is 14.1. The van der Waals surface area contributed by atoms with Crippen LogP contribution in [0.15, 0.2) is 11.7 Å². The molecular formula is C12H3F19O2. The molecule has 0 unspecified atom stereocenters. The van der Waals surface area contributed by atoms with Crippen LogP contribution in [0.25, 0.3) is 0 Å². The molecule has 0 aromatic rings. The van der Waals surface area contributed by atoms with E-state index in [0.717, 1.165) is 0 Å². The number of methoxy groups -OCH3 is 1. The molecule has 0 N–H and O–H groups in total. The van der Waals surface area contributed by atoms with Crippen molar-refractivity contribution in [1.29, 1.82) is 0 Å². The molecule has 0 atom stereocenters. The minimum atomic E-state index is -8.95. The first-order valence-electron chi connectivity index (χ1n) is 6.91. The number of carbonyl (C=O) groups is 1. The molecule has 0 fully saturated rings. The van der Waals surface area contributed by atoms with E-state index in [4.69, 9.17) is 0 Å². The smallest absolute Gasteiger partial charge is 0.460 e. The van der Waals surface area contributed by atoms with Crippen molar-refractivity contribution in [3.8, 4) is 0 Å². The second-order valence-electron chi connectivity index (χ2n) is 5.65. The fourth-order valence-electron chi connectivity index (χ4n) is 1.75. The van der Waals surface area contributed by atoms with E-state index in [1.807, 2.05) is 0 Å². The van der Waals surface area contributed by atoms with Crippen molar-refractivity contribution in [3.05, 3.63) is 11.7 Å². The van der Waals surface area contributed by atoms with Crippen LogP contribution in [-0.4, -0.2) is 60.7 Å². The molecule has 2 nitrogen and oxygen atoms in total. The molecule has 21 heteroatoms. The average molecular weight is 540 g/mol. The second-order valence-corrected chi connectivity index (χ2v) is 5.65. The highest BCUT2D eigenvalue weighted by atomic mass is 19.4. The van der Waals surface area contributed by atoms with Crippen LogP contribution in [0.2, 0.25) is 0 Å². The second kappa shape index (κ2) is 7.98. The SMILES string of the molecule is COC(=O)C(=C(F)F)C(F)(F)C(F)(F)C(F)(F)C(F)(F)C(F)(F)C(F)(F)C(F)(F)C(F)(F)F. The van der Waals surface area contributed by atoms with E-state index in [2.05, 4.69) is 4.74 Å². The lowest BCUT2D eigenvalue weighted by Crippen LogP contribution is -2.74. The largest absolute Gasteiger partial charge is 0.465 e. The molecule has 0 rings (SSSR count). The molecule has 0 aliphatic rings. The van der Waals surface area contributed by atoms with Crippen LogP contribution in [0.1, 0.15) is 0 Å². The first kappa shape index (κ1) is 30.9. The van der Waals surface area contributed by atoms with Crippen LogP contribution in [0.3, 0.4) is 0 Å². The molecule has 0 aliphatic heterocycles. The van der Waals surface area contributed by atoms with Crippen molar-refractivity contribution in [2.75, 3.05) is 7.11 Å². The lowest BCUT2D eigenvalue weighted by atomic mass is 9.87. The van der Waals surface area contributed by atoms with Gasteiger partial charge in [-0.1, -0.05) is 0 Å². The van der Waals surface area contributed by atoms with E-state index in [-0.39, 0.29) is 7.11 Å². The number of alkyl halides is 17. The van der Waals surface area contributed by atoms with E-state index < -0.39 is 65.3 Å². The summed E-state index contributed by atoms with van der Waals surface area (Å²) in [4.78, 5) is 10.7. The van der Waals surface area contributed by atoms with Gasteiger partial charge in [-0.3, -0.25) is 0 Å². The van der Waals surface area contributed by atoms with Gasteiger partial charge in [-0.05, 0) is 0 Å². The predicted molar refractivity (Wildman–Crippen MR) is 61.9 cm³/mol. The molecule has 0 spiro atoms. The van der Waals surface area contributed by atoms with Gasteiger partial charge < -0.3 is 4.74 Å². The third-order valence-electron chi connectivity index (χ3n) is 3.61. The zero-order valence-electron chi connectivity index (χ0n) is 14.5. The van der Waals surface area contributed by atoms with Crippen molar-refractivity contribution < 1.29 is 92.9 Å². The van der Waals surface area contributed by atoms with Gasteiger partial charge in [-0.15, -0.1) is 0 Å². The topological polar surface area (TPSA) is 26.3 Å². The number of hydrogen-bond acceptors (Lipinski definition) is 2. The summed E-state index contributed by atoms with van der Waals surface area (Å²) in [5.41, 5.74) is -4.19.